The van der Waals surface area contributed by atoms with Crippen molar-refractivity contribution >= 4 is 27.5 Å². The van der Waals surface area contributed by atoms with E-state index >= 15 is 0 Å². The van der Waals surface area contributed by atoms with Gasteiger partial charge in [-0.3, -0.25) is 9.59 Å². The molecule has 0 radical (unpaired) electrons. The smallest absolute Gasteiger partial charge is 0.243 e. The third-order valence-electron chi connectivity index (χ3n) is 5.31. The van der Waals surface area contributed by atoms with E-state index in [-0.39, 0.29) is 35.8 Å². The van der Waals surface area contributed by atoms with Crippen molar-refractivity contribution in [1.29, 1.82) is 0 Å². The van der Waals surface area contributed by atoms with E-state index < -0.39 is 10.0 Å². The molecule has 1 saturated heterocycles. The zero-order chi connectivity index (χ0) is 21.0. The second-order valence-electron chi connectivity index (χ2n) is 7.89. The largest absolute Gasteiger partial charge is 0.376 e. The lowest BCUT2D eigenvalue weighted by molar-refractivity contribution is -0.133. The molecular weight excluding hydrogens is 392 g/mol. The van der Waals surface area contributed by atoms with E-state index in [0.29, 0.717) is 24.3 Å². The van der Waals surface area contributed by atoms with Gasteiger partial charge in [-0.1, -0.05) is 12.5 Å². The number of carbonyl (C=O) groups is 2. The molecule has 0 bridgehead atoms. The maximum absolute atomic E-state index is 13.0. The van der Waals surface area contributed by atoms with E-state index in [4.69, 9.17) is 0 Å². The Balaban J connectivity index is 1.60. The van der Waals surface area contributed by atoms with Crippen molar-refractivity contribution in [3.05, 3.63) is 23.8 Å². The number of sulfonamides is 1. The van der Waals surface area contributed by atoms with Crippen LogP contribution in [0.15, 0.2) is 23.1 Å². The minimum Gasteiger partial charge on any atom is -0.376 e. The molecule has 1 saturated carbocycles. The summed E-state index contributed by atoms with van der Waals surface area (Å²) in [5, 5.41) is 5.84. The van der Waals surface area contributed by atoms with Gasteiger partial charge in [0.05, 0.1) is 18.0 Å². The first-order valence-corrected chi connectivity index (χ1v) is 11.6. The van der Waals surface area contributed by atoms with Crippen LogP contribution >= 0.6 is 0 Å². The molecule has 1 aliphatic heterocycles. The Labute approximate surface area is 172 Å². The Hall–Kier alpha value is -2.13. The van der Waals surface area contributed by atoms with E-state index in [2.05, 4.69) is 10.6 Å². The van der Waals surface area contributed by atoms with Crippen LogP contribution in [0.4, 0.5) is 5.69 Å². The summed E-state index contributed by atoms with van der Waals surface area (Å²) in [6.07, 6.45) is 4.82. The number of carbonyl (C=O) groups excluding carboxylic acids is 2. The predicted molar refractivity (Wildman–Crippen MR) is 111 cm³/mol. The van der Waals surface area contributed by atoms with Crippen molar-refractivity contribution in [2.45, 2.75) is 50.0 Å². The Morgan fingerprint density at radius 3 is 2.52 bits per heavy atom. The minimum absolute atomic E-state index is 0.0134. The molecule has 3 rings (SSSR count). The summed E-state index contributed by atoms with van der Waals surface area (Å²) in [5.41, 5.74) is 1.25. The number of rotatable bonds is 8. The van der Waals surface area contributed by atoms with E-state index in [1.165, 1.54) is 4.90 Å². The Kier molecular flexibility index (Phi) is 6.79. The Bertz CT molecular complexity index is 861. The van der Waals surface area contributed by atoms with Crippen LogP contribution < -0.4 is 10.6 Å². The van der Waals surface area contributed by atoms with E-state index in [1.54, 1.807) is 36.5 Å². The summed E-state index contributed by atoms with van der Waals surface area (Å²) >= 11 is 0. The zero-order valence-electron chi connectivity index (χ0n) is 17.1. The SMILES string of the molecule is Cc1ccc(NCC(=O)N(C)CC(=O)NC2CC2)cc1S(=O)(=O)N1CCCCC1. The lowest BCUT2D eigenvalue weighted by atomic mass is 10.2. The van der Waals surface area contributed by atoms with Gasteiger partial charge in [0.25, 0.3) is 0 Å². The van der Waals surface area contributed by atoms with Gasteiger partial charge in [0, 0.05) is 31.9 Å². The van der Waals surface area contributed by atoms with Gasteiger partial charge >= 0.3 is 0 Å². The summed E-state index contributed by atoms with van der Waals surface area (Å²) in [7, 11) is -1.97. The number of anilines is 1. The molecule has 2 aliphatic rings. The van der Waals surface area contributed by atoms with Crippen molar-refractivity contribution in [3.63, 3.8) is 0 Å². The number of piperidine rings is 1. The highest BCUT2D eigenvalue weighted by Gasteiger charge is 2.28. The van der Waals surface area contributed by atoms with Crippen molar-refractivity contribution in [2.75, 3.05) is 38.5 Å². The van der Waals surface area contributed by atoms with Gasteiger partial charge in [-0.15, -0.1) is 0 Å². The first-order valence-electron chi connectivity index (χ1n) is 10.2. The minimum atomic E-state index is -3.55. The van der Waals surface area contributed by atoms with E-state index in [0.717, 1.165) is 32.1 Å². The number of hydrogen-bond acceptors (Lipinski definition) is 5. The number of likely N-dealkylation sites (N-methyl/N-ethyl adjacent to an activating group) is 1. The number of aryl methyl sites for hydroxylation is 1. The van der Waals surface area contributed by atoms with Crippen molar-refractivity contribution in [3.8, 4) is 0 Å². The molecular formula is C20H30N4O4S. The van der Waals surface area contributed by atoms with Gasteiger partial charge < -0.3 is 15.5 Å². The number of hydrogen-bond donors (Lipinski definition) is 2. The molecule has 29 heavy (non-hydrogen) atoms. The maximum Gasteiger partial charge on any atom is 0.243 e. The first-order chi connectivity index (χ1) is 13.8. The zero-order valence-corrected chi connectivity index (χ0v) is 17.9. The number of nitrogens with one attached hydrogen (secondary N) is 2. The number of nitrogens with zero attached hydrogens (tertiary/aromatic N) is 2. The van der Waals surface area contributed by atoms with Gasteiger partial charge in [-0.2, -0.15) is 4.31 Å². The van der Waals surface area contributed by atoms with Crippen LogP contribution in [-0.4, -0.2) is 68.7 Å². The van der Waals surface area contributed by atoms with Crippen LogP contribution in [-0.2, 0) is 19.6 Å². The molecule has 0 aromatic heterocycles. The van der Waals surface area contributed by atoms with Crippen molar-refractivity contribution < 1.29 is 18.0 Å². The van der Waals surface area contributed by atoms with Crippen LogP contribution in [0.25, 0.3) is 0 Å². The molecule has 0 unspecified atom stereocenters. The average Bonchev–Trinajstić information content (AvgIpc) is 3.51. The topological polar surface area (TPSA) is 98.8 Å². The Morgan fingerprint density at radius 2 is 1.86 bits per heavy atom. The van der Waals surface area contributed by atoms with Gasteiger partial charge in [0.2, 0.25) is 21.8 Å². The van der Waals surface area contributed by atoms with E-state index in [9.17, 15) is 18.0 Å². The third-order valence-corrected chi connectivity index (χ3v) is 7.35. The normalized spacial score (nSPS) is 17.6. The summed E-state index contributed by atoms with van der Waals surface area (Å²) in [5.74, 6) is -0.398. The fourth-order valence-electron chi connectivity index (χ4n) is 3.35. The molecule has 2 N–H and O–H groups in total. The van der Waals surface area contributed by atoms with Gasteiger partial charge in [0.1, 0.15) is 0 Å². The molecule has 2 amide bonds. The third kappa shape index (κ3) is 5.70. The molecule has 2 fully saturated rings. The Morgan fingerprint density at radius 1 is 1.17 bits per heavy atom. The predicted octanol–water partition coefficient (Wildman–Crippen LogP) is 1.32. The molecule has 1 aromatic carbocycles. The van der Waals surface area contributed by atoms with Crippen molar-refractivity contribution in [1.82, 2.24) is 14.5 Å². The standard InChI is InChI=1S/C20H30N4O4S/c1-15-6-7-17(12-18(15)29(27,28)24-10-4-3-5-11-24)21-13-20(26)23(2)14-19(25)22-16-8-9-16/h6-7,12,16,21H,3-5,8-11,13-14H2,1-2H3,(H,22,25). The first kappa shape index (κ1) is 21.6. The second-order valence-corrected chi connectivity index (χ2v) is 9.80. The summed E-state index contributed by atoms with van der Waals surface area (Å²) in [4.78, 5) is 25.8. The maximum atomic E-state index is 13.0. The molecule has 9 heteroatoms. The van der Waals surface area contributed by atoms with Crippen LogP contribution in [0.1, 0.15) is 37.7 Å². The summed E-state index contributed by atoms with van der Waals surface area (Å²) in [6.45, 7) is 2.87. The summed E-state index contributed by atoms with van der Waals surface area (Å²) < 4.78 is 27.5. The van der Waals surface area contributed by atoms with Gasteiger partial charge in [0.15, 0.2) is 0 Å². The number of amides is 2. The lowest BCUT2D eigenvalue weighted by Crippen LogP contribution is -2.41. The fraction of sp³-hybridized carbons (Fsp3) is 0.600. The molecule has 1 heterocycles. The molecule has 0 spiro atoms. The highest BCUT2D eigenvalue weighted by Crippen LogP contribution is 2.26. The van der Waals surface area contributed by atoms with Gasteiger partial charge in [-0.25, -0.2) is 8.42 Å². The second kappa shape index (κ2) is 9.13. The highest BCUT2D eigenvalue weighted by atomic mass is 32.2. The molecule has 160 valence electrons. The van der Waals surface area contributed by atoms with E-state index in [1.807, 2.05) is 0 Å². The molecule has 8 nitrogen and oxygen atoms in total. The van der Waals surface area contributed by atoms with Crippen LogP contribution in [0.5, 0.6) is 0 Å². The van der Waals surface area contributed by atoms with Crippen LogP contribution in [0, 0.1) is 6.92 Å². The van der Waals surface area contributed by atoms with Crippen molar-refractivity contribution in [2.24, 2.45) is 0 Å². The fourth-order valence-corrected chi connectivity index (χ4v) is 5.12. The summed E-state index contributed by atoms with van der Waals surface area (Å²) in [6, 6.07) is 5.36. The molecule has 1 aliphatic carbocycles. The van der Waals surface area contributed by atoms with Crippen LogP contribution in [0.2, 0.25) is 0 Å². The molecule has 1 aromatic rings. The van der Waals surface area contributed by atoms with Gasteiger partial charge in [-0.05, 0) is 50.3 Å². The monoisotopic (exact) mass is 422 g/mol. The number of benzene rings is 1. The quantitative estimate of drug-likeness (QED) is 0.658. The molecule has 0 atom stereocenters. The average molecular weight is 423 g/mol. The highest BCUT2D eigenvalue weighted by molar-refractivity contribution is 7.89. The lowest BCUT2D eigenvalue weighted by Gasteiger charge is -2.26. The van der Waals surface area contributed by atoms with Crippen LogP contribution in [0.3, 0.4) is 0 Å².